The van der Waals surface area contributed by atoms with Gasteiger partial charge < -0.3 is 0 Å². The third kappa shape index (κ3) is 2.56. The first-order valence-corrected chi connectivity index (χ1v) is 8.87. The van der Waals surface area contributed by atoms with Crippen LogP contribution in [-0.2, 0) is 9.84 Å². The van der Waals surface area contributed by atoms with Crippen LogP contribution in [0.15, 0.2) is 42.5 Å². The lowest BCUT2D eigenvalue weighted by atomic mass is 9.96. The van der Waals surface area contributed by atoms with Crippen molar-refractivity contribution in [3.8, 4) is 0 Å². The second kappa shape index (κ2) is 4.91. The van der Waals surface area contributed by atoms with Gasteiger partial charge in [-0.2, -0.15) is 0 Å². The van der Waals surface area contributed by atoms with Gasteiger partial charge in [0.15, 0.2) is 9.84 Å². The maximum absolute atomic E-state index is 12.0. The highest BCUT2D eigenvalue weighted by Crippen LogP contribution is 2.41. The number of alkyl halides is 1. The van der Waals surface area contributed by atoms with Gasteiger partial charge in [0.1, 0.15) is 0 Å². The van der Waals surface area contributed by atoms with Gasteiger partial charge in [0.05, 0.1) is 9.57 Å². The highest BCUT2D eigenvalue weighted by Gasteiger charge is 2.38. The monoisotopic (exact) mass is 340 g/mol. The van der Waals surface area contributed by atoms with E-state index >= 15 is 0 Å². The summed E-state index contributed by atoms with van der Waals surface area (Å²) in [5, 5.41) is 2.21. The second-order valence-electron chi connectivity index (χ2n) is 5.31. The Morgan fingerprint density at radius 3 is 2.26 bits per heavy atom. The molecule has 0 spiro atoms. The standard InChI is InChI=1S/C15H17BrO2S/c1-15(2,19(3,17)18)14(16)13-10-6-8-11-7-4-5-9-12(11)13/h4-10,14H,1-3H3. The average Bonchev–Trinajstić information content (AvgIpc) is 2.36. The Bertz CT molecular complexity index is 700. The van der Waals surface area contributed by atoms with Crippen molar-refractivity contribution in [2.24, 2.45) is 0 Å². The highest BCUT2D eigenvalue weighted by molar-refractivity contribution is 9.09. The van der Waals surface area contributed by atoms with Crippen LogP contribution in [0.1, 0.15) is 24.2 Å². The van der Waals surface area contributed by atoms with E-state index in [1.54, 1.807) is 13.8 Å². The summed E-state index contributed by atoms with van der Waals surface area (Å²) < 4.78 is 23.1. The van der Waals surface area contributed by atoms with Crippen molar-refractivity contribution in [3.05, 3.63) is 48.0 Å². The molecule has 2 aromatic rings. The number of benzene rings is 2. The number of halogens is 1. The molecule has 19 heavy (non-hydrogen) atoms. The summed E-state index contributed by atoms with van der Waals surface area (Å²) >= 11 is 3.59. The molecule has 0 radical (unpaired) electrons. The quantitative estimate of drug-likeness (QED) is 0.788. The lowest BCUT2D eigenvalue weighted by molar-refractivity contribution is 0.549. The fraction of sp³-hybridized carbons (Fsp3) is 0.333. The van der Waals surface area contributed by atoms with Crippen LogP contribution in [0, 0.1) is 0 Å². The average molecular weight is 341 g/mol. The third-order valence-electron chi connectivity index (χ3n) is 3.66. The molecule has 0 saturated carbocycles. The molecule has 0 aliphatic carbocycles. The summed E-state index contributed by atoms with van der Waals surface area (Å²) in [6.45, 7) is 3.51. The molecule has 0 aromatic heterocycles. The molecule has 102 valence electrons. The molecule has 2 rings (SSSR count). The Morgan fingerprint density at radius 1 is 1.05 bits per heavy atom. The van der Waals surface area contributed by atoms with E-state index in [0.717, 1.165) is 16.3 Å². The van der Waals surface area contributed by atoms with Gasteiger partial charge in [-0.15, -0.1) is 0 Å². The number of hydrogen-bond donors (Lipinski definition) is 0. The Labute approximate surface area is 122 Å². The van der Waals surface area contributed by atoms with Crippen molar-refractivity contribution in [2.75, 3.05) is 6.26 Å². The van der Waals surface area contributed by atoms with E-state index in [2.05, 4.69) is 15.9 Å². The summed E-state index contributed by atoms with van der Waals surface area (Å²) in [5.74, 6) is 0. The molecular weight excluding hydrogens is 324 g/mol. The van der Waals surface area contributed by atoms with Gasteiger partial charge in [-0.25, -0.2) is 8.42 Å². The molecule has 2 nitrogen and oxygen atoms in total. The van der Waals surface area contributed by atoms with E-state index < -0.39 is 14.6 Å². The molecule has 0 aliphatic heterocycles. The number of hydrogen-bond acceptors (Lipinski definition) is 2. The second-order valence-corrected chi connectivity index (χ2v) is 8.82. The minimum atomic E-state index is -3.17. The van der Waals surface area contributed by atoms with Gasteiger partial charge in [-0.05, 0) is 30.2 Å². The van der Waals surface area contributed by atoms with Crippen molar-refractivity contribution in [1.82, 2.24) is 0 Å². The minimum absolute atomic E-state index is 0.249. The summed E-state index contributed by atoms with van der Waals surface area (Å²) in [7, 11) is -3.17. The molecule has 0 fully saturated rings. The summed E-state index contributed by atoms with van der Waals surface area (Å²) in [6.07, 6.45) is 1.28. The van der Waals surface area contributed by atoms with Crippen molar-refractivity contribution in [3.63, 3.8) is 0 Å². The number of fused-ring (bicyclic) bond motifs is 1. The first kappa shape index (κ1) is 14.5. The van der Waals surface area contributed by atoms with Crippen molar-refractivity contribution >= 4 is 36.5 Å². The molecule has 0 aliphatic rings. The Kier molecular flexibility index (Phi) is 3.76. The SMILES string of the molecule is CC(C)(C(Br)c1cccc2ccccc12)S(C)(=O)=O. The van der Waals surface area contributed by atoms with Gasteiger partial charge in [0, 0.05) is 6.26 Å². The van der Waals surface area contributed by atoms with E-state index in [9.17, 15) is 8.42 Å². The van der Waals surface area contributed by atoms with Crippen LogP contribution in [0.3, 0.4) is 0 Å². The van der Waals surface area contributed by atoms with E-state index in [0.29, 0.717) is 0 Å². The zero-order valence-electron chi connectivity index (χ0n) is 11.2. The summed E-state index contributed by atoms with van der Waals surface area (Å²) in [4.78, 5) is -0.249. The normalized spacial score (nSPS) is 14.5. The van der Waals surface area contributed by atoms with Gasteiger partial charge >= 0.3 is 0 Å². The van der Waals surface area contributed by atoms with Crippen LogP contribution in [0.25, 0.3) is 10.8 Å². The van der Waals surface area contributed by atoms with E-state index in [1.165, 1.54) is 6.26 Å². The third-order valence-corrected chi connectivity index (χ3v) is 7.75. The minimum Gasteiger partial charge on any atom is -0.229 e. The van der Waals surface area contributed by atoms with Crippen LogP contribution in [0.4, 0.5) is 0 Å². The van der Waals surface area contributed by atoms with Crippen LogP contribution >= 0.6 is 15.9 Å². The molecule has 4 heteroatoms. The maximum atomic E-state index is 12.0. The molecule has 1 unspecified atom stereocenters. The van der Waals surface area contributed by atoms with E-state index in [1.807, 2.05) is 42.5 Å². The fourth-order valence-corrected chi connectivity index (χ4v) is 3.95. The van der Waals surface area contributed by atoms with Gasteiger partial charge in [-0.3, -0.25) is 0 Å². The molecule has 0 bridgehead atoms. The van der Waals surface area contributed by atoms with Crippen LogP contribution in [0.2, 0.25) is 0 Å². The molecule has 1 atom stereocenters. The van der Waals surface area contributed by atoms with Gasteiger partial charge in [0.2, 0.25) is 0 Å². The maximum Gasteiger partial charge on any atom is 0.154 e. The Hall–Kier alpha value is -0.870. The van der Waals surface area contributed by atoms with Crippen molar-refractivity contribution in [1.29, 1.82) is 0 Å². The Morgan fingerprint density at radius 2 is 1.63 bits per heavy atom. The van der Waals surface area contributed by atoms with E-state index in [4.69, 9.17) is 0 Å². The zero-order chi connectivity index (χ0) is 14.3. The van der Waals surface area contributed by atoms with Gasteiger partial charge in [-0.1, -0.05) is 58.4 Å². The number of sulfone groups is 1. The lowest BCUT2D eigenvalue weighted by Gasteiger charge is -2.29. The van der Waals surface area contributed by atoms with Crippen molar-refractivity contribution in [2.45, 2.75) is 23.4 Å². The molecule has 0 amide bonds. The summed E-state index contributed by atoms with van der Waals surface area (Å²) in [5.41, 5.74) is 1.01. The van der Waals surface area contributed by atoms with Crippen molar-refractivity contribution < 1.29 is 8.42 Å². The fourth-order valence-electron chi connectivity index (χ4n) is 2.03. The largest absolute Gasteiger partial charge is 0.229 e. The van der Waals surface area contributed by atoms with Crippen LogP contribution in [-0.4, -0.2) is 19.4 Å². The van der Waals surface area contributed by atoms with Crippen LogP contribution in [0.5, 0.6) is 0 Å². The van der Waals surface area contributed by atoms with Crippen LogP contribution < -0.4 is 0 Å². The molecular formula is C15H17BrO2S. The first-order chi connectivity index (χ1) is 8.75. The summed E-state index contributed by atoms with van der Waals surface area (Å²) in [6, 6.07) is 14.0. The predicted molar refractivity (Wildman–Crippen MR) is 84.5 cm³/mol. The molecule has 2 aromatic carbocycles. The first-order valence-electron chi connectivity index (χ1n) is 6.06. The predicted octanol–water partition coefficient (Wildman–Crippen LogP) is 4.10. The molecule has 0 saturated heterocycles. The number of rotatable bonds is 3. The molecule has 0 N–H and O–H groups in total. The zero-order valence-corrected chi connectivity index (χ0v) is 13.6. The molecule has 0 heterocycles. The highest BCUT2D eigenvalue weighted by atomic mass is 79.9. The van der Waals surface area contributed by atoms with E-state index in [-0.39, 0.29) is 4.83 Å². The smallest absolute Gasteiger partial charge is 0.154 e. The van der Waals surface area contributed by atoms with Gasteiger partial charge in [0.25, 0.3) is 0 Å². The lowest BCUT2D eigenvalue weighted by Crippen LogP contribution is -2.35. The topological polar surface area (TPSA) is 34.1 Å². The Balaban J connectivity index is 2.63.